The number of hydrogen-bond acceptors (Lipinski definition) is 5. The number of hydrazine groups is 1. The topological polar surface area (TPSA) is 82.3 Å². The van der Waals surface area contributed by atoms with Crippen LogP contribution in [0.25, 0.3) is 0 Å². The normalized spacial score (nSPS) is 18.7. The van der Waals surface area contributed by atoms with Crippen LogP contribution in [0.15, 0.2) is 24.3 Å². The molecule has 1 aromatic carbocycles. The Bertz CT molecular complexity index is 568. The predicted molar refractivity (Wildman–Crippen MR) is 75.6 cm³/mol. The van der Waals surface area contributed by atoms with Crippen LogP contribution in [0.3, 0.4) is 0 Å². The third-order valence-corrected chi connectivity index (χ3v) is 3.63. The molecule has 1 fully saturated rings. The Morgan fingerprint density at radius 1 is 1.41 bits per heavy atom. The Morgan fingerprint density at radius 3 is 2.86 bits per heavy atom. The van der Waals surface area contributed by atoms with E-state index in [4.69, 9.17) is 0 Å². The Kier molecular flexibility index (Phi) is 5.27. The zero-order chi connectivity index (χ0) is 16.2. The van der Waals surface area contributed by atoms with Gasteiger partial charge in [0.1, 0.15) is 5.50 Å². The number of benzene rings is 1. The van der Waals surface area contributed by atoms with Crippen LogP contribution in [0.1, 0.15) is 5.56 Å². The highest BCUT2D eigenvalue weighted by Crippen LogP contribution is 2.30. The SMILES string of the molecule is O=C(CSC1NNCC(=O)N1)Nc1cccc(C(F)(F)F)c1. The van der Waals surface area contributed by atoms with Crippen molar-refractivity contribution in [3.8, 4) is 0 Å². The van der Waals surface area contributed by atoms with Crippen molar-refractivity contribution in [2.24, 2.45) is 0 Å². The molecule has 0 aliphatic carbocycles. The molecule has 6 nitrogen and oxygen atoms in total. The molecule has 2 amide bonds. The monoisotopic (exact) mass is 334 g/mol. The standard InChI is InChI=1S/C12H13F3N4O2S/c13-12(14,15)7-2-1-3-8(4-7)17-10(21)6-22-11-18-9(20)5-16-19-11/h1-4,11,16,19H,5-6H2,(H,17,21)(H,18,20). The van der Waals surface area contributed by atoms with Crippen molar-refractivity contribution in [1.82, 2.24) is 16.2 Å². The van der Waals surface area contributed by atoms with Crippen LogP contribution < -0.4 is 21.5 Å². The Morgan fingerprint density at radius 2 is 2.18 bits per heavy atom. The highest BCUT2D eigenvalue weighted by molar-refractivity contribution is 8.00. The van der Waals surface area contributed by atoms with Gasteiger partial charge in [-0.1, -0.05) is 6.07 Å². The van der Waals surface area contributed by atoms with Crippen molar-refractivity contribution in [3.63, 3.8) is 0 Å². The number of carbonyl (C=O) groups excluding carboxylic acids is 2. The number of amides is 2. The minimum Gasteiger partial charge on any atom is -0.330 e. The number of hydrogen-bond donors (Lipinski definition) is 4. The van der Waals surface area contributed by atoms with Crippen LogP contribution >= 0.6 is 11.8 Å². The summed E-state index contributed by atoms with van der Waals surface area (Å²) >= 11 is 1.10. The maximum absolute atomic E-state index is 12.6. The second-order valence-corrected chi connectivity index (χ2v) is 5.48. The first kappa shape index (κ1) is 16.6. The lowest BCUT2D eigenvalue weighted by Gasteiger charge is -2.24. The zero-order valence-electron chi connectivity index (χ0n) is 11.2. The van der Waals surface area contributed by atoms with Crippen LogP contribution in [0.5, 0.6) is 0 Å². The second-order valence-electron chi connectivity index (χ2n) is 4.38. The van der Waals surface area contributed by atoms with Crippen LogP contribution in [-0.4, -0.2) is 29.6 Å². The van der Waals surface area contributed by atoms with E-state index in [0.29, 0.717) is 0 Å². The minimum absolute atomic E-state index is 0.0319. The van der Waals surface area contributed by atoms with Gasteiger partial charge in [-0.3, -0.25) is 9.59 Å². The second kappa shape index (κ2) is 6.99. The predicted octanol–water partition coefficient (Wildman–Crippen LogP) is 0.885. The molecule has 120 valence electrons. The van der Waals surface area contributed by atoms with Crippen molar-refractivity contribution in [2.75, 3.05) is 17.6 Å². The van der Waals surface area contributed by atoms with E-state index in [1.165, 1.54) is 12.1 Å². The quantitative estimate of drug-likeness (QED) is 0.657. The summed E-state index contributed by atoms with van der Waals surface area (Å²) in [5.41, 5.74) is 4.15. The fourth-order valence-electron chi connectivity index (χ4n) is 1.67. The van der Waals surface area contributed by atoms with E-state index in [0.717, 1.165) is 23.9 Å². The molecule has 2 rings (SSSR count). The molecule has 1 heterocycles. The number of thioether (sulfide) groups is 1. The third-order valence-electron chi connectivity index (χ3n) is 2.63. The lowest BCUT2D eigenvalue weighted by Crippen LogP contribution is -2.58. The summed E-state index contributed by atoms with van der Waals surface area (Å²) in [4.78, 5) is 22.8. The molecule has 22 heavy (non-hydrogen) atoms. The van der Waals surface area contributed by atoms with Crippen LogP contribution in [-0.2, 0) is 15.8 Å². The largest absolute Gasteiger partial charge is 0.416 e. The summed E-state index contributed by atoms with van der Waals surface area (Å²) in [7, 11) is 0. The van der Waals surface area contributed by atoms with Gasteiger partial charge in [-0.2, -0.15) is 13.2 Å². The first-order valence-electron chi connectivity index (χ1n) is 6.21. The number of halogens is 3. The lowest BCUT2D eigenvalue weighted by atomic mass is 10.2. The Hall–Kier alpha value is -1.78. The molecule has 0 aromatic heterocycles. The van der Waals surface area contributed by atoms with Gasteiger partial charge in [0.25, 0.3) is 0 Å². The maximum Gasteiger partial charge on any atom is 0.416 e. The molecular weight excluding hydrogens is 321 g/mol. The molecule has 1 aliphatic rings. The van der Waals surface area contributed by atoms with Crippen LogP contribution in [0.4, 0.5) is 18.9 Å². The summed E-state index contributed by atoms with van der Waals surface area (Å²) in [5, 5.41) is 4.97. The molecule has 10 heteroatoms. The van der Waals surface area contributed by atoms with Crippen molar-refractivity contribution < 1.29 is 22.8 Å². The summed E-state index contributed by atoms with van der Waals surface area (Å²) in [6, 6.07) is 4.39. The van der Waals surface area contributed by atoms with E-state index in [1.54, 1.807) is 0 Å². The molecule has 0 saturated carbocycles. The molecular formula is C12H13F3N4O2S. The van der Waals surface area contributed by atoms with Crippen LogP contribution in [0, 0.1) is 0 Å². The van der Waals surface area contributed by atoms with Crippen molar-refractivity contribution in [3.05, 3.63) is 29.8 Å². The number of carbonyl (C=O) groups is 2. The fourth-order valence-corrected chi connectivity index (χ4v) is 2.44. The van der Waals surface area contributed by atoms with Gasteiger partial charge in [0.15, 0.2) is 0 Å². The number of nitrogens with one attached hydrogen (secondary N) is 4. The lowest BCUT2D eigenvalue weighted by molar-refractivity contribution is -0.137. The average molecular weight is 334 g/mol. The zero-order valence-corrected chi connectivity index (χ0v) is 12.0. The van der Waals surface area contributed by atoms with E-state index < -0.39 is 23.1 Å². The van der Waals surface area contributed by atoms with Gasteiger partial charge >= 0.3 is 6.18 Å². The van der Waals surface area contributed by atoms with E-state index in [9.17, 15) is 22.8 Å². The number of rotatable bonds is 4. The summed E-state index contributed by atoms with van der Waals surface area (Å²) < 4.78 is 37.7. The molecule has 1 unspecified atom stereocenters. The van der Waals surface area contributed by atoms with Gasteiger partial charge in [-0.05, 0) is 18.2 Å². The molecule has 1 saturated heterocycles. The summed E-state index contributed by atoms with van der Waals surface area (Å²) in [6.07, 6.45) is -4.46. The van der Waals surface area contributed by atoms with Gasteiger partial charge in [0, 0.05) is 5.69 Å². The summed E-state index contributed by atoms with van der Waals surface area (Å²) in [5.74, 6) is -0.712. The molecule has 1 aliphatic heterocycles. The molecule has 1 atom stereocenters. The van der Waals surface area contributed by atoms with E-state index in [1.807, 2.05) is 0 Å². The first-order valence-corrected chi connectivity index (χ1v) is 7.26. The van der Waals surface area contributed by atoms with E-state index >= 15 is 0 Å². The van der Waals surface area contributed by atoms with Crippen molar-refractivity contribution >= 4 is 29.3 Å². The van der Waals surface area contributed by atoms with Gasteiger partial charge in [0.2, 0.25) is 11.8 Å². The van der Waals surface area contributed by atoms with E-state index in [2.05, 4.69) is 21.5 Å². The van der Waals surface area contributed by atoms with Gasteiger partial charge in [-0.15, -0.1) is 11.8 Å². The van der Waals surface area contributed by atoms with Crippen molar-refractivity contribution in [2.45, 2.75) is 11.7 Å². The molecule has 0 bridgehead atoms. The third kappa shape index (κ3) is 4.90. The number of alkyl halides is 3. The highest BCUT2D eigenvalue weighted by Gasteiger charge is 2.30. The fraction of sp³-hybridized carbons (Fsp3) is 0.333. The van der Waals surface area contributed by atoms with Gasteiger partial charge < -0.3 is 10.6 Å². The highest BCUT2D eigenvalue weighted by atomic mass is 32.2. The van der Waals surface area contributed by atoms with Gasteiger partial charge in [0.05, 0.1) is 17.9 Å². The average Bonchev–Trinajstić information content (AvgIpc) is 2.45. The Labute approximate surface area is 128 Å². The first-order chi connectivity index (χ1) is 10.3. The Balaban J connectivity index is 1.85. The molecule has 0 radical (unpaired) electrons. The molecule has 0 spiro atoms. The minimum atomic E-state index is -4.46. The molecule has 4 N–H and O–H groups in total. The van der Waals surface area contributed by atoms with E-state index in [-0.39, 0.29) is 23.9 Å². The van der Waals surface area contributed by atoms with Crippen LogP contribution in [0.2, 0.25) is 0 Å². The van der Waals surface area contributed by atoms with Gasteiger partial charge in [-0.25, -0.2) is 10.9 Å². The molecule has 1 aromatic rings. The maximum atomic E-state index is 12.6. The van der Waals surface area contributed by atoms with Crippen molar-refractivity contribution in [1.29, 1.82) is 0 Å². The summed E-state index contributed by atoms with van der Waals surface area (Å²) in [6.45, 7) is 0.132. The smallest absolute Gasteiger partial charge is 0.330 e. The number of anilines is 1.